The summed E-state index contributed by atoms with van der Waals surface area (Å²) in [7, 11) is 0. The molecule has 2 aliphatic rings. The van der Waals surface area contributed by atoms with E-state index in [1.165, 1.54) is 36.7 Å². The zero-order valence-electron chi connectivity index (χ0n) is 20.5. The van der Waals surface area contributed by atoms with Crippen LogP contribution in [0.2, 0.25) is 0 Å². The van der Waals surface area contributed by atoms with Crippen LogP contribution in [-0.4, -0.2) is 62.6 Å². The molecule has 1 fully saturated rings. The van der Waals surface area contributed by atoms with Crippen LogP contribution in [-0.2, 0) is 19.6 Å². The molecule has 3 heterocycles. The summed E-state index contributed by atoms with van der Waals surface area (Å²) in [6.45, 7) is 2.43. The number of carbonyl (C=O) groups is 1. The van der Waals surface area contributed by atoms with Crippen molar-refractivity contribution >= 4 is 27.7 Å². The molecule has 1 aliphatic heterocycles. The van der Waals surface area contributed by atoms with Gasteiger partial charge in [0.15, 0.2) is 12.2 Å². The minimum atomic E-state index is -0.698. The highest BCUT2D eigenvalue weighted by atomic mass is 79.9. The topological polar surface area (TPSA) is 126 Å². The first-order valence-electron chi connectivity index (χ1n) is 12.6. The van der Waals surface area contributed by atoms with Gasteiger partial charge in [-0.15, -0.1) is 0 Å². The minimum Gasteiger partial charge on any atom is -0.484 e. The van der Waals surface area contributed by atoms with Crippen molar-refractivity contribution in [3.05, 3.63) is 64.2 Å². The number of halogens is 1. The van der Waals surface area contributed by atoms with Crippen LogP contribution in [0.1, 0.15) is 53.1 Å². The lowest BCUT2D eigenvalue weighted by atomic mass is 9.99. The third kappa shape index (κ3) is 6.65. The van der Waals surface area contributed by atoms with E-state index in [9.17, 15) is 9.90 Å². The van der Waals surface area contributed by atoms with E-state index in [1.807, 2.05) is 6.07 Å². The van der Waals surface area contributed by atoms with Crippen molar-refractivity contribution < 1.29 is 19.1 Å². The van der Waals surface area contributed by atoms with Crippen LogP contribution in [0.5, 0.6) is 5.75 Å². The number of nitrogens with zero attached hydrogens (tertiary/aromatic N) is 4. The molecule has 5 rings (SSSR count). The Morgan fingerprint density at radius 1 is 1.30 bits per heavy atom. The first-order valence-corrected chi connectivity index (χ1v) is 13.4. The fourth-order valence-corrected chi connectivity index (χ4v) is 5.58. The number of oxazole rings is 1. The van der Waals surface area contributed by atoms with Gasteiger partial charge in [0.1, 0.15) is 30.2 Å². The maximum atomic E-state index is 12.6. The van der Waals surface area contributed by atoms with Gasteiger partial charge in [0.05, 0.1) is 16.8 Å². The summed E-state index contributed by atoms with van der Waals surface area (Å²) in [5, 5.41) is 16.8. The van der Waals surface area contributed by atoms with Gasteiger partial charge in [0, 0.05) is 38.3 Å². The van der Waals surface area contributed by atoms with E-state index in [0.29, 0.717) is 43.0 Å². The fourth-order valence-electron chi connectivity index (χ4n) is 4.88. The van der Waals surface area contributed by atoms with E-state index >= 15 is 0 Å². The standard InChI is InChI=1S/C26H31BrN6O4/c27-25-21-7-8-33(12-17(21)5-6-23(25)36-14-20-11-28-16-37-20)13-19(34)10-29-26(35)22-9-24(31-15-30-22)32-18-3-1-2-4-18/h5-6,9,11,15-16,18-19,34H,1-4,7-8,10,12-14H2,(H,29,35)(H,30,31,32)/t19-/m0/s1. The van der Waals surface area contributed by atoms with Crippen LogP contribution >= 0.6 is 15.9 Å². The third-order valence-corrected chi connectivity index (χ3v) is 7.67. The van der Waals surface area contributed by atoms with Crippen LogP contribution in [0.15, 0.2) is 46.0 Å². The quantitative estimate of drug-likeness (QED) is 0.336. The van der Waals surface area contributed by atoms with Gasteiger partial charge < -0.3 is 24.9 Å². The van der Waals surface area contributed by atoms with Crippen LogP contribution in [0.25, 0.3) is 0 Å². The summed E-state index contributed by atoms with van der Waals surface area (Å²) in [6.07, 6.45) is 9.22. The summed E-state index contributed by atoms with van der Waals surface area (Å²) >= 11 is 3.69. The number of ether oxygens (including phenoxy) is 1. The molecule has 37 heavy (non-hydrogen) atoms. The maximum absolute atomic E-state index is 12.6. The van der Waals surface area contributed by atoms with Gasteiger partial charge in [-0.05, 0) is 52.4 Å². The summed E-state index contributed by atoms with van der Waals surface area (Å²) in [5.74, 6) is 1.77. The number of aliphatic hydroxyl groups is 1. The van der Waals surface area contributed by atoms with Crippen molar-refractivity contribution in [3.8, 4) is 5.75 Å². The number of anilines is 1. The largest absolute Gasteiger partial charge is 0.484 e. The minimum absolute atomic E-state index is 0.149. The number of carbonyl (C=O) groups excluding carboxylic acids is 1. The van der Waals surface area contributed by atoms with E-state index in [4.69, 9.17) is 9.15 Å². The molecule has 1 aromatic carbocycles. The molecular weight excluding hydrogens is 540 g/mol. The zero-order valence-corrected chi connectivity index (χ0v) is 22.1. The summed E-state index contributed by atoms with van der Waals surface area (Å²) < 4.78 is 12.1. The highest BCUT2D eigenvalue weighted by Gasteiger charge is 2.23. The number of aromatic nitrogens is 3. The molecule has 196 valence electrons. The number of amides is 1. The Morgan fingerprint density at radius 3 is 2.97 bits per heavy atom. The van der Waals surface area contributed by atoms with E-state index < -0.39 is 6.10 Å². The van der Waals surface area contributed by atoms with Gasteiger partial charge >= 0.3 is 0 Å². The number of fused-ring (bicyclic) bond motifs is 1. The summed E-state index contributed by atoms with van der Waals surface area (Å²) in [6, 6.07) is 6.07. The van der Waals surface area contributed by atoms with Gasteiger partial charge in [-0.3, -0.25) is 9.69 Å². The highest BCUT2D eigenvalue weighted by molar-refractivity contribution is 9.10. The van der Waals surface area contributed by atoms with E-state index in [-0.39, 0.29) is 12.5 Å². The van der Waals surface area contributed by atoms with Gasteiger partial charge in [0.25, 0.3) is 5.91 Å². The second-order valence-electron chi connectivity index (χ2n) is 9.53. The van der Waals surface area contributed by atoms with Crippen molar-refractivity contribution in [2.45, 2.75) is 57.4 Å². The van der Waals surface area contributed by atoms with Crippen molar-refractivity contribution in [2.24, 2.45) is 0 Å². The first kappa shape index (κ1) is 25.6. The lowest BCUT2D eigenvalue weighted by Crippen LogP contribution is -2.42. The third-order valence-electron chi connectivity index (χ3n) is 6.80. The molecule has 1 saturated carbocycles. The Balaban J connectivity index is 1.10. The van der Waals surface area contributed by atoms with Crippen molar-refractivity contribution in [1.29, 1.82) is 0 Å². The van der Waals surface area contributed by atoms with E-state index in [2.05, 4.69) is 52.5 Å². The second kappa shape index (κ2) is 12.0. The van der Waals surface area contributed by atoms with Crippen LogP contribution in [0, 0.1) is 0 Å². The Bertz CT molecular complexity index is 1200. The molecule has 10 nitrogen and oxygen atoms in total. The Labute approximate surface area is 224 Å². The highest BCUT2D eigenvalue weighted by Crippen LogP contribution is 2.35. The van der Waals surface area contributed by atoms with E-state index in [0.717, 1.165) is 36.0 Å². The Kier molecular flexibility index (Phi) is 8.32. The molecule has 0 spiro atoms. The molecule has 0 saturated heterocycles. The van der Waals surface area contributed by atoms with E-state index in [1.54, 1.807) is 12.3 Å². The van der Waals surface area contributed by atoms with Crippen molar-refractivity contribution in [1.82, 2.24) is 25.2 Å². The lowest BCUT2D eigenvalue weighted by molar-refractivity contribution is 0.0837. The predicted molar refractivity (Wildman–Crippen MR) is 140 cm³/mol. The van der Waals surface area contributed by atoms with Crippen molar-refractivity contribution in [2.75, 3.05) is 25.0 Å². The number of hydrogen-bond donors (Lipinski definition) is 3. The molecule has 0 radical (unpaired) electrons. The number of benzene rings is 1. The average molecular weight is 571 g/mol. The van der Waals surface area contributed by atoms with Crippen LogP contribution in [0.4, 0.5) is 5.82 Å². The molecular formula is C26H31BrN6O4. The number of rotatable bonds is 10. The number of β-amino-alcohol motifs (C(OH)–C–C–N with tert-alkyl or cyclic N) is 1. The van der Waals surface area contributed by atoms with Crippen molar-refractivity contribution in [3.63, 3.8) is 0 Å². The predicted octanol–water partition coefficient (Wildman–Crippen LogP) is 3.31. The summed E-state index contributed by atoms with van der Waals surface area (Å²) in [5.41, 5.74) is 2.69. The SMILES string of the molecule is O=C(NC[C@H](O)CN1CCc2c(ccc(OCc3cnco3)c2Br)C1)c1cc(NC2CCCC2)ncn1. The molecule has 0 unspecified atom stereocenters. The lowest BCUT2D eigenvalue weighted by Gasteiger charge is -2.31. The Morgan fingerprint density at radius 2 is 2.16 bits per heavy atom. The zero-order chi connectivity index (χ0) is 25.6. The molecule has 0 bridgehead atoms. The Hall–Kier alpha value is -3.02. The molecule has 2 aromatic heterocycles. The molecule has 3 N–H and O–H groups in total. The normalized spacial score (nSPS) is 16.8. The molecule has 11 heteroatoms. The smallest absolute Gasteiger partial charge is 0.270 e. The molecule has 1 aliphatic carbocycles. The number of aliphatic hydroxyl groups excluding tert-OH is 1. The monoisotopic (exact) mass is 570 g/mol. The number of nitrogens with one attached hydrogen (secondary N) is 2. The molecule has 1 amide bonds. The molecule has 3 aromatic rings. The summed E-state index contributed by atoms with van der Waals surface area (Å²) in [4.78, 5) is 27.0. The second-order valence-corrected chi connectivity index (χ2v) is 10.3. The number of hydrogen-bond acceptors (Lipinski definition) is 9. The van der Waals surface area contributed by atoms with Crippen LogP contribution < -0.4 is 15.4 Å². The van der Waals surface area contributed by atoms with Gasteiger partial charge in [0.2, 0.25) is 0 Å². The van der Waals surface area contributed by atoms with Gasteiger partial charge in [-0.25, -0.2) is 15.0 Å². The van der Waals surface area contributed by atoms with Gasteiger partial charge in [-0.1, -0.05) is 18.9 Å². The van der Waals surface area contributed by atoms with Crippen LogP contribution in [0.3, 0.4) is 0 Å². The van der Waals surface area contributed by atoms with Gasteiger partial charge in [-0.2, -0.15) is 0 Å². The average Bonchev–Trinajstić information content (AvgIpc) is 3.62. The molecule has 1 atom stereocenters. The maximum Gasteiger partial charge on any atom is 0.270 e. The fraction of sp³-hybridized carbons (Fsp3) is 0.462. The first-order chi connectivity index (χ1) is 18.0.